The number of aromatic nitrogens is 2. The van der Waals surface area contributed by atoms with Gasteiger partial charge in [0.25, 0.3) is 5.56 Å². The fourth-order valence-electron chi connectivity index (χ4n) is 3.34. The Morgan fingerprint density at radius 3 is 2.33 bits per heavy atom. The first-order valence-corrected chi connectivity index (χ1v) is 9.36. The molecule has 0 spiro atoms. The van der Waals surface area contributed by atoms with Crippen LogP contribution < -0.4 is 5.56 Å². The zero-order valence-electron chi connectivity index (χ0n) is 16.1. The average Bonchev–Trinajstić information content (AvgIpc) is 2.63. The number of rotatable bonds is 3. The van der Waals surface area contributed by atoms with Crippen LogP contribution in [0.5, 0.6) is 0 Å². The molecule has 0 atom stereocenters. The van der Waals surface area contributed by atoms with Crippen molar-refractivity contribution in [2.45, 2.75) is 51.5 Å². The first-order chi connectivity index (χ1) is 12.7. The van der Waals surface area contributed by atoms with Gasteiger partial charge >= 0.3 is 0 Å². The van der Waals surface area contributed by atoms with E-state index in [-0.39, 0.29) is 35.2 Å². The molecule has 0 aliphatic carbocycles. The number of likely N-dealkylation sites (tertiary alicyclic amines) is 1. The van der Waals surface area contributed by atoms with Crippen LogP contribution in [0.1, 0.15) is 50.9 Å². The molecule has 27 heavy (non-hydrogen) atoms. The molecular formula is C21H26FN3O2. The van der Waals surface area contributed by atoms with Gasteiger partial charge in [0.15, 0.2) is 0 Å². The van der Waals surface area contributed by atoms with Crippen molar-refractivity contribution < 1.29 is 9.18 Å². The molecule has 1 aliphatic heterocycles. The highest BCUT2D eigenvalue weighted by molar-refractivity contribution is 5.78. The van der Waals surface area contributed by atoms with Gasteiger partial charge in [0.1, 0.15) is 5.82 Å². The number of nitrogens with zero attached hydrogens (tertiary/aromatic N) is 3. The fraction of sp³-hybridized carbons (Fsp3) is 0.476. The van der Waals surface area contributed by atoms with Crippen LogP contribution in [0.25, 0.3) is 0 Å². The number of piperidine rings is 1. The average molecular weight is 371 g/mol. The molecule has 1 saturated heterocycles. The van der Waals surface area contributed by atoms with Crippen molar-refractivity contribution in [3.8, 4) is 0 Å². The summed E-state index contributed by atoms with van der Waals surface area (Å²) in [7, 11) is 0. The van der Waals surface area contributed by atoms with E-state index >= 15 is 0 Å². The maximum absolute atomic E-state index is 13.0. The van der Waals surface area contributed by atoms with Crippen LogP contribution in [0.3, 0.4) is 0 Å². The van der Waals surface area contributed by atoms with Crippen molar-refractivity contribution in [3.63, 3.8) is 0 Å². The van der Waals surface area contributed by atoms with Crippen molar-refractivity contribution in [2.75, 3.05) is 13.1 Å². The number of benzene rings is 1. The second kappa shape index (κ2) is 7.62. The maximum Gasteiger partial charge on any atom is 0.267 e. The third-order valence-corrected chi connectivity index (χ3v) is 5.03. The number of halogens is 1. The van der Waals surface area contributed by atoms with Gasteiger partial charge in [-0.25, -0.2) is 9.07 Å². The first-order valence-electron chi connectivity index (χ1n) is 9.36. The van der Waals surface area contributed by atoms with Crippen molar-refractivity contribution in [3.05, 3.63) is 63.8 Å². The van der Waals surface area contributed by atoms with Crippen LogP contribution in [-0.2, 0) is 16.6 Å². The van der Waals surface area contributed by atoms with Crippen LogP contribution in [0.4, 0.5) is 4.39 Å². The summed E-state index contributed by atoms with van der Waals surface area (Å²) in [4.78, 5) is 26.6. The Labute approximate surface area is 158 Å². The maximum atomic E-state index is 13.0. The topological polar surface area (TPSA) is 55.2 Å². The third-order valence-electron chi connectivity index (χ3n) is 5.03. The van der Waals surface area contributed by atoms with Gasteiger partial charge in [-0.2, -0.15) is 5.10 Å². The molecule has 6 heteroatoms. The van der Waals surface area contributed by atoms with E-state index in [1.807, 2.05) is 4.90 Å². The SMILES string of the molecule is CC(C)(C)c1ccc(=O)n(C2CCN(C(=O)Cc3ccc(F)cc3)CC2)n1. The Hall–Kier alpha value is -2.50. The molecule has 144 valence electrons. The Morgan fingerprint density at radius 1 is 1.11 bits per heavy atom. The Kier molecular flexibility index (Phi) is 5.44. The predicted octanol–water partition coefficient (Wildman–Crippen LogP) is 3.09. The van der Waals surface area contributed by atoms with E-state index in [2.05, 4.69) is 25.9 Å². The third kappa shape index (κ3) is 4.62. The molecule has 1 aromatic heterocycles. The summed E-state index contributed by atoms with van der Waals surface area (Å²) in [6, 6.07) is 9.40. The second-order valence-corrected chi connectivity index (χ2v) is 8.17. The van der Waals surface area contributed by atoms with Crippen LogP contribution in [0.2, 0.25) is 0 Å². The minimum Gasteiger partial charge on any atom is -0.342 e. The van der Waals surface area contributed by atoms with Gasteiger partial charge in [0.05, 0.1) is 18.2 Å². The van der Waals surface area contributed by atoms with E-state index in [0.717, 1.165) is 11.3 Å². The fourth-order valence-corrected chi connectivity index (χ4v) is 3.34. The van der Waals surface area contributed by atoms with Gasteiger partial charge in [0.2, 0.25) is 5.91 Å². The lowest BCUT2D eigenvalue weighted by Gasteiger charge is -2.33. The van der Waals surface area contributed by atoms with Gasteiger partial charge in [-0.1, -0.05) is 32.9 Å². The van der Waals surface area contributed by atoms with Gasteiger partial charge < -0.3 is 4.90 Å². The second-order valence-electron chi connectivity index (χ2n) is 8.17. The zero-order valence-corrected chi connectivity index (χ0v) is 16.1. The van der Waals surface area contributed by atoms with E-state index in [0.29, 0.717) is 25.9 Å². The summed E-state index contributed by atoms with van der Waals surface area (Å²) < 4.78 is 14.6. The monoisotopic (exact) mass is 371 g/mol. The summed E-state index contributed by atoms with van der Waals surface area (Å²) >= 11 is 0. The molecule has 1 amide bonds. The van der Waals surface area contributed by atoms with E-state index in [9.17, 15) is 14.0 Å². The summed E-state index contributed by atoms with van der Waals surface area (Å²) in [5.74, 6) is -0.272. The van der Waals surface area contributed by atoms with Gasteiger partial charge in [-0.15, -0.1) is 0 Å². The normalized spacial score (nSPS) is 15.8. The summed E-state index contributed by atoms with van der Waals surface area (Å²) in [6.07, 6.45) is 1.67. The molecule has 1 fully saturated rings. The zero-order chi connectivity index (χ0) is 19.6. The van der Waals surface area contributed by atoms with E-state index in [4.69, 9.17) is 0 Å². The lowest BCUT2D eigenvalue weighted by atomic mass is 9.92. The molecule has 0 bridgehead atoms. The van der Waals surface area contributed by atoms with Crippen LogP contribution >= 0.6 is 0 Å². The molecule has 1 aliphatic rings. The molecule has 0 radical (unpaired) electrons. The summed E-state index contributed by atoms with van der Waals surface area (Å²) in [5.41, 5.74) is 1.47. The highest BCUT2D eigenvalue weighted by Gasteiger charge is 2.26. The van der Waals surface area contributed by atoms with Crippen molar-refractivity contribution in [1.82, 2.24) is 14.7 Å². The number of carbonyl (C=O) groups excluding carboxylic acids is 1. The Bertz CT molecular complexity index is 860. The minimum atomic E-state index is -0.303. The molecule has 0 N–H and O–H groups in total. The molecule has 1 aromatic carbocycles. The molecule has 0 saturated carbocycles. The predicted molar refractivity (Wildman–Crippen MR) is 102 cm³/mol. The highest BCUT2D eigenvalue weighted by Crippen LogP contribution is 2.23. The van der Waals surface area contributed by atoms with E-state index in [1.54, 1.807) is 28.9 Å². The smallest absolute Gasteiger partial charge is 0.267 e. The standard InChI is InChI=1S/C21H26FN3O2/c1-21(2,3)18-8-9-19(26)25(23-18)17-10-12-24(13-11-17)20(27)14-15-4-6-16(22)7-5-15/h4-9,17H,10-14H2,1-3H3. The van der Waals surface area contributed by atoms with Crippen LogP contribution in [0, 0.1) is 5.82 Å². The lowest BCUT2D eigenvalue weighted by Crippen LogP contribution is -2.42. The van der Waals surface area contributed by atoms with Gasteiger partial charge in [-0.05, 0) is 36.6 Å². The number of amides is 1. The van der Waals surface area contributed by atoms with E-state index in [1.165, 1.54) is 12.1 Å². The van der Waals surface area contributed by atoms with Crippen LogP contribution in [-0.4, -0.2) is 33.7 Å². The summed E-state index contributed by atoms with van der Waals surface area (Å²) in [6.45, 7) is 7.40. The first kappa shape index (κ1) is 19.3. The Balaban J connectivity index is 1.64. The summed E-state index contributed by atoms with van der Waals surface area (Å²) in [5, 5.41) is 4.58. The molecule has 2 heterocycles. The van der Waals surface area contributed by atoms with E-state index < -0.39 is 0 Å². The molecule has 2 aromatic rings. The Morgan fingerprint density at radius 2 is 1.74 bits per heavy atom. The van der Waals surface area contributed by atoms with Crippen molar-refractivity contribution in [1.29, 1.82) is 0 Å². The largest absolute Gasteiger partial charge is 0.342 e. The number of hydrogen-bond acceptors (Lipinski definition) is 3. The quantitative estimate of drug-likeness (QED) is 0.833. The molecule has 0 unspecified atom stereocenters. The minimum absolute atomic E-state index is 0.00895. The molecule has 5 nitrogen and oxygen atoms in total. The number of carbonyl (C=O) groups is 1. The molecular weight excluding hydrogens is 345 g/mol. The van der Waals surface area contributed by atoms with Crippen LogP contribution in [0.15, 0.2) is 41.2 Å². The van der Waals surface area contributed by atoms with Crippen molar-refractivity contribution >= 4 is 5.91 Å². The molecule has 3 rings (SSSR count). The van der Waals surface area contributed by atoms with Gasteiger partial charge in [-0.3, -0.25) is 9.59 Å². The van der Waals surface area contributed by atoms with Gasteiger partial charge in [0, 0.05) is 24.6 Å². The number of hydrogen-bond donors (Lipinski definition) is 0. The van der Waals surface area contributed by atoms with Crippen molar-refractivity contribution in [2.24, 2.45) is 0 Å². The highest BCUT2D eigenvalue weighted by atomic mass is 19.1. The lowest BCUT2D eigenvalue weighted by molar-refractivity contribution is -0.131.